The molecular formula is C18H12N4O4S. The van der Waals surface area contributed by atoms with E-state index in [0.29, 0.717) is 16.1 Å². The monoisotopic (exact) mass is 380 g/mol. The Bertz CT molecular complexity index is 1280. The van der Waals surface area contributed by atoms with Crippen LogP contribution in [0.15, 0.2) is 56.0 Å². The molecule has 4 N–H and O–H groups in total. The van der Waals surface area contributed by atoms with E-state index in [2.05, 4.69) is 0 Å². The molecule has 0 spiro atoms. The molecule has 4 heterocycles. The Hall–Kier alpha value is -3.77. The molecule has 0 fully saturated rings. The number of carbonyl (C=O) groups excluding carboxylic acids is 1. The highest BCUT2D eigenvalue weighted by molar-refractivity contribution is 7.07. The van der Waals surface area contributed by atoms with Crippen molar-refractivity contribution >= 4 is 34.7 Å². The average Bonchev–Trinajstić information content (AvgIpc) is 3.37. The summed E-state index contributed by atoms with van der Waals surface area (Å²) in [5.41, 5.74) is 11.4. The second-order valence-electron chi connectivity index (χ2n) is 5.71. The molecule has 1 aliphatic rings. The first kappa shape index (κ1) is 16.7. The highest BCUT2D eigenvalue weighted by Crippen LogP contribution is 2.35. The lowest BCUT2D eigenvalue weighted by molar-refractivity contribution is -0.113. The van der Waals surface area contributed by atoms with E-state index < -0.39 is 17.4 Å². The molecule has 0 aromatic carbocycles. The van der Waals surface area contributed by atoms with Crippen LogP contribution in [0.3, 0.4) is 0 Å². The molecule has 0 saturated heterocycles. The van der Waals surface area contributed by atoms with Crippen molar-refractivity contribution in [3.05, 3.63) is 73.4 Å². The normalized spacial score (nSPS) is 17.1. The summed E-state index contributed by atoms with van der Waals surface area (Å²) in [4.78, 5) is 25.1. The number of thiazole rings is 1. The number of fused-ring (bicyclic) bond motifs is 1. The van der Waals surface area contributed by atoms with Gasteiger partial charge in [0.15, 0.2) is 0 Å². The van der Waals surface area contributed by atoms with E-state index in [1.807, 2.05) is 6.07 Å². The summed E-state index contributed by atoms with van der Waals surface area (Å²) in [7, 11) is 0. The SMILES string of the molecule is N#CC1=C(N)n2c(sc(=Cc3ccco3)c2=O)=C(C(N)=O)[C@@H]1c1ccco1. The molecular weight excluding hydrogens is 368 g/mol. The minimum absolute atomic E-state index is 0.0238. The average molecular weight is 380 g/mol. The Kier molecular flexibility index (Phi) is 3.83. The Morgan fingerprint density at radius 3 is 2.63 bits per heavy atom. The van der Waals surface area contributed by atoms with Crippen molar-refractivity contribution in [2.45, 2.75) is 5.92 Å². The van der Waals surface area contributed by atoms with Crippen molar-refractivity contribution in [2.75, 3.05) is 0 Å². The van der Waals surface area contributed by atoms with Crippen molar-refractivity contribution in [3.8, 4) is 6.07 Å². The highest BCUT2D eigenvalue weighted by atomic mass is 32.1. The van der Waals surface area contributed by atoms with E-state index in [1.54, 1.807) is 24.3 Å². The van der Waals surface area contributed by atoms with Gasteiger partial charge in [-0.1, -0.05) is 0 Å². The predicted molar refractivity (Wildman–Crippen MR) is 97.2 cm³/mol. The molecule has 0 saturated carbocycles. The Morgan fingerprint density at radius 2 is 2.04 bits per heavy atom. The maximum absolute atomic E-state index is 12.9. The molecule has 134 valence electrons. The summed E-state index contributed by atoms with van der Waals surface area (Å²) in [6.07, 6.45) is 4.44. The molecule has 3 aromatic heterocycles. The smallest absolute Gasteiger partial charge is 0.274 e. The van der Waals surface area contributed by atoms with Crippen LogP contribution < -0.4 is 26.2 Å². The van der Waals surface area contributed by atoms with Gasteiger partial charge in [0.2, 0.25) is 5.91 Å². The van der Waals surface area contributed by atoms with Gasteiger partial charge in [-0.3, -0.25) is 14.2 Å². The number of primary amides is 1. The second-order valence-corrected chi connectivity index (χ2v) is 6.74. The molecule has 0 unspecified atom stereocenters. The fourth-order valence-electron chi connectivity index (χ4n) is 3.03. The number of amides is 1. The van der Waals surface area contributed by atoms with E-state index in [9.17, 15) is 14.9 Å². The minimum atomic E-state index is -0.878. The van der Waals surface area contributed by atoms with Crippen molar-refractivity contribution in [3.63, 3.8) is 0 Å². The zero-order valence-electron chi connectivity index (χ0n) is 13.7. The fourth-order valence-corrected chi connectivity index (χ4v) is 4.19. The lowest BCUT2D eigenvalue weighted by Gasteiger charge is -2.22. The van der Waals surface area contributed by atoms with E-state index in [0.717, 1.165) is 15.9 Å². The number of allylic oxidation sites excluding steroid dienone is 1. The van der Waals surface area contributed by atoms with Gasteiger partial charge < -0.3 is 20.3 Å². The third-order valence-corrected chi connectivity index (χ3v) is 5.29. The lowest BCUT2D eigenvalue weighted by Crippen LogP contribution is -2.40. The van der Waals surface area contributed by atoms with E-state index in [4.69, 9.17) is 20.3 Å². The van der Waals surface area contributed by atoms with Crippen LogP contribution in [0.2, 0.25) is 0 Å². The third kappa shape index (κ3) is 2.51. The van der Waals surface area contributed by atoms with Crippen LogP contribution in [-0.2, 0) is 4.79 Å². The van der Waals surface area contributed by atoms with Crippen LogP contribution in [0.25, 0.3) is 17.5 Å². The van der Waals surface area contributed by atoms with Gasteiger partial charge in [0, 0.05) is 6.08 Å². The first-order valence-electron chi connectivity index (χ1n) is 7.77. The molecule has 9 heteroatoms. The summed E-state index contributed by atoms with van der Waals surface area (Å²) in [5, 5.41) is 9.63. The minimum Gasteiger partial charge on any atom is -0.468 e. The zero-order chi connectivity index (χ0) is 19.1. The topological polar surface area (TPSA) is 141 Å². The molecule has 4 rings (SSSR count). The molecule has 1 amide bonds. The molecule has 0 aliphatic carbocycles. The lowest BCUT2D eigenvalue weighted by atomic mass is 9.87. The standard InChI is InChI=1S/C18H12N4O4S/c19-8-10-13(11-4-2-6-26-11)14(16(21)23)18-22(15(10)20)17(24)12(27-18)7-9-3-1-5-25-9/h1-7,13H,20H2,(H2,21,23)/t13-/m0/s1. The number of carbonyl (C=O) groups is 1. The van der Waals surface area contributed by atoms with Crippen LogP contribution >= 0.6 is 11.3 Å². The number of hydrogen-bond donors (Lipinski definition) is 2. The number of hydrogen-bond acceptors (Lipinski definition) is 7. The second kappa shape index (κ2) is 6.19. The number of rotatable bonds is 3. The van der Waals surface area contributed by atoms with Gasteiger partial charge in [0.1, 0.15) is 22.0 Å². The summed E-state index contributed by atoms with van der Waals surface area (Å²) in [6, 6.07) is 8.61. The number of furan rings is 2. The molecule has 1 aliphatic heterocycles. The van der Waals surface area contributed by atoms with Gasteiger partial charge in [0.25, 0.3) is 5.56 Å². The van der Waals surface area contributed by atoms with Gasteiger partial charge in [-0.2, -0.15) is 5.26 Å². The maximum atomic E-state index is 12.9. The van der Waals surface area contributed by atoms with Crippen LogP contribution in [0.5, 0.6) is 0 Å². The van der Waals surface area contributed by atoms with Crippen molar-refractivity contribution in [1.29, 1.82) is 5.26 Å². The van der Waals surface area contributed by atoms with Gasteiger partial charge in [-0.05, 0) is 24.3 Å². The van der Waals surface area contributed by atoms with Gasteiger partial charge in [0.05, 0.1) is 40.2 Å². The van der Waals surface area contributed by atoms with Gasteiger partial charge >= 0.3 is 0 Å². The van der Waals surface area contributed by atoms with E-state index in [1.165, 1.54) is 18.6 Å². The Morgan fingerprint density at radius 1 is 1.30 bits per heavy atom. The van der Waals surface area contributed by atoms with E-state index in [-0.39, 0.29) is 21.6 Å². The summed E-state index contributed by atoms with van der Waals surface area (Å²) < 4.78 is 12.3. The number of aromatic nitrogens is 1. The van der Waals surface area contributed by atoms with Gasteiger partial charge in [-0.15, -0.1) is 11.3 Å². The Labute approximate surface area is 155 Å². The van der Waals surface area contributed by atoms with Crippen LogP contribution in [-0.4, -0.2) is 10.5 Å². The molecule has 0 radical (unpaired) electrons. The van der Waals surface area contributed by atoms with Crippen LogP contribution in [0.4, 0.5) is 0 Å². The number of nitrogens with zero attached hydrogens (tertiary/aromatic N) is 2. The van der Waals surface area contributed by atoms with Crippen molar-refractivity contribution in [2.24, 2.45) is 11.5 Å². The molecule has 3 aromatic rings. The third-order valence-electron chi connectivity index (χ3n) is 4.18. The molecule has 8 nitrogen and oxygen atoms in total. The fraction of sp³-hybridized carbons (Fsp3) is 0.0556. The van der Waals surface area contributed by atoms with Crippen molar-refractivity contribution < 1.29 is 13.6 Å². The summed E-state index contributed by atoms with van der Waals surface area (Å²) in [6.45, 7) is 0. The number of nitrogens with two attached hydrogens (primary N) is 2. The maximum Gasteiger partial charge on any atom is 0.274 e. The van der Waals surface area contributed by atoms with Gasteiger partial charge in [-0.25, -0.2) is 0 Å². The van der Waals surface area contributed by atoms with E-state index >= 15 is 0 Å². The highest BCUT2D eigenvalue weighted by Gasteiger charge is 2.36. The molecule has 27 heavy (non-hydrogen) atoms. The van der Waals surface area contributed by atoms with Crippen LogP contribution in [0.1, 0.15) is 17.4 Å². The molecule has 0 bridgehead atoms. The Balaban J connectivity index is 2.13. The summed E-state index contributed by atoms with van der Waals surface area (Å²) >= 11 is 1.05. The van der Waals surface area contributed by atoms with Crippen molar-refractivity contribution in [1.82, 2.24) is 4.57 Å². The predicted octanol–water partition coefficient (Wildman–Crippen LogP) is 0.00888. The zero-order valence-corrected chi connectivity index (χ0v) is 14.5. The largest absolute Gasteiger partial charge is 0.468 e. The first-order valence-corrected chi connectivity index (χ1v) is 8.59. The molecule has 1 atom stereocenters. The number of nitriles is 1. The van der Waals surface area contributed by atoms with Crippen LogP contribution in [0, 0.1) is 11.3 Å². The summed E-state index contributed by atoms with van der Waals surface area (Å²) in [5.74, 6) is -0.892. The quantitative estimate of drug-likeness (QED) is 0.655. The first-order chi connectivity index (χ1) is 13.0.